The average Bonchev–Trinajstić information content (AvgIpc) is 2.13. The van der Waals surface area contributed by atoms with E-state index in [0.717, 1.165) is 12.8 Å². The largest absolute Gasteiger partial charge is 0.359 e. The molecule has 1 fully saturated rings. The van der Waals surface area contributed by atoms with Crippen molar-refractivity contribution in [2.45, 2.75) is 30.9 Å². The van der Waals surface area contributed by atoms with Crippen LogP contribution in [-0.2, 0) is 9.53 Å². The van der Waals surface area contributed by atoms with Gasteiger partial charge in [0, 0.05) is 6.42 Å². The molecule has 1 aliphatic rings. The summed E-state index contributed by atoms with van der Waals surface area (Å²) in [6.07, 6.45) is 1.89. The molecule has 1 heterocycles. The highest BCUT2D eigenvalue weighted by molar-refractivity contribution is 6.63. The predicted octanol–water partition coefficient (Wildman–Crippen LogP) is 1.89. The molecule has 2 unspecified atom stereocenters. The molecular weight excluding hydrogens is 175 g/mol. The molecule has 10 heavy (non-hydrogen) atoms. The van der Waals surface area contributed by atoms with Crippen LogP contribution >= 0.6 is 23.2 Å². The molecule has 0 saturated carbocycles. The van der Waals surface area contributed by atoms with E-state index in [9.17, 15) is 4.79 Å². The highest BCUT2D eigenvalue weighted by Crippen LogP contribution is 2.24. The molecule has 0 amide bonds. The standard InChI is InChI=1S/C6H8Cl2O2/c7-5(9)3-4-1-2-6(8)10-4/h4,6H,1-3H2. The Labute approximate surface area is 69.4 Å². The summed E-state index contributed by atoms with van der Waals surface area (Å²) >= 11 is 10.8. The number of carbonyl (C=O) groups excluding carboxylic acids is 1. The van der Waals surface area contributed by atoms with Crippen LogP contribution in [0.3, 0.4) is 0 Å². The third-order valence-electron chi connectivity index (χ3n) is 1.44. The van der Waals surface area contributed by atoms with Gasteiger partial charge in [0.15, 0.2) is 0 Å². The topological polar surface area (TPSA) is 26.3 Å². The van der Waals surface area contributed by atoms with Gasteiger partial charge in [-0.15, -0.1) is 0 Å². The lowest BCUT2D eigenvalue weighted by molar-refractivity contribution is -0.113. The summed E-state index contributed by atoms with van der Waals surface area (Å²) in [5, 5.41) is -0.351. The van der Waals surface area contributed by atoms with Crippen LogP contribution in [0.25, 0.3) is 0 Å². The second-order valence-corrected chi connectivity index (χ2v) is 3.21. The lowest BCUT2D eigenvalue weighted by Gasteiger charge is -2.05. The van der Waals surface area contributed by atoms with Crippen LogP contribution in [0.2, 0.25) is 0 Å². The second-order valence-electron chi connectivity index (χ2n) is 2.30. The summed E-state index contributed by atoms with van der Waals surface area (Å²) in [4.78, 5) is 10.3. The van der Waals surface area contributed by atoms with Gasteiger partial charge in [-0.1, -0.05) is 11.6 Å². The number of alkyl halides is 1. The molecule has 1 aliphatic heterocycles. The maximum absolute atomic E-state index is 10.3. The Balaban J connectivity index is 2.24. The maximum Gasteiger partial charge on any atom is 0.224 e. The van der Waals surface area contributed by atoms with E-state index >= 15 is 0 Å². The quantitative estimate of drug-likeness (QED) is 0.482. The smallest absolute Gasteiger partial charge is 0.224 e. The van der Waals surface area contributed by atoms with E-state index in [-0.39, 0.29) is 23.3 Å². The van der Waals surface area contributed by atoms with Gasteiger partial charge in [0.05, 0.1) is 6.10 Å². The van der Waals surface area contributed by atoms with Gasteiger partial charge in [-0.2, -0.15) is 0 Å². The van der Waals surface area contributed by atoms with Crippen LogP contribution in [0.1, 0.15) is 19.3 Å². The molecule has 0 N–H and O–H groups in total. The van der Waals surface area contributed by atoms with Gasteiger partial charge in [-0.25, -0.2) is 0 Å². The van der Waals surface area contributed by atoms with Crippen molar-refractivity contribution in [1.82, 2.24) is 0 Å². The fourth-order valence-electron chi connectivity index (χ4n) is 0.991. The molecular formula is C6H8Cl2O2. The molecule has 1 rings (SSSR count). The van der Waals surface area contributed by atoms with E-state index in [1.807, 2.05) is 0 Å². The fourth-order valence-corrected chi connectivity index (χ4v) is 1.43. The highest BCUT2D eigenvalue weighted by atomic mass is 35.5. The van der Waals surface area contributed by atoms with Crippen molar-refractivity contribution in [1.29, 1.82) is 0 Å². The monoisotopic (exact) mass is 182 g/mol. The second kappa shape index (κ2) is 3.56. The lowest BCUT2D eigenvalue weighted by atomic mass is 10.2. The highest BCUT2D eigenvalue weighted by Gasteiger charge is 2.24. The average molecular weight is 183 g/mol. The molecule has 1 saturated heterocycles. The van der Waals surface area contributed by atoms with Crippen LogP contribution in [0, 0.1) is 0 Å². The molecule has 0 aromatic heterocycles. The molecule has 0 aromatic rings. The molecule has 4 heteroatoms. The van der Waals surface area contributed by atoms with Crippen LogP contribution in [0.5, 0.6) is 0 Å². The van der Waals surface area contributed by atoms with Gasteiger partial charge < -0.3 is 4.74 Å². The zero-order valence-electron chi connectivity index (χ0n) is 5.35. The minimum absolute atomic E-state index is 0.0486. The normalized spacial score (nSPS) is 32.6. The summed E-state index contributed by atoms with van der Waals surface area (Å²) in [5.41, 5.74) is -0.221. The zero-order valence-corrected chi connectivity index (χ0v) is 6.86. The van der Waals surface area contributed by atoms with Crippen molar-refractivity contribution in [3.8, 4) is 0 Å². The number of hydrogen-bond donors (Lipinski definition) is 0. The number of carbonyl (C=O) groups is 1. The Morgan fingerprint density at radius 1 is 1.60 bits per heavy atom. The number of hydrogen-bond acceptors (Lipinski definition) is 2. The van der Waals surface area contributed by atoms with Crippen molar-refractivity contribution in [3.63, 3.8) is 0 Å². The van der Waals surface area contributed by atoms with Crippen molar-refractivity contribution < 1.29 is 9.53 Å². The van der Waals surface area contributed by atoms with Crippen LogP contribution in [0.15, 0.2) is 0 Å². The first-order chi connectivity index (χ1) is 4.68. The zero-order chi connectivity index (χ0) is 7.56. The summed E-state index contributed by atoms with van der Waals surface area (Å²) in [6.45, 7) is 0. The third-order valence-corrected chi connectivity index (χ3v) is 1.92. The molecule has 0 aliphatic carbocycles. The van der Waals surface area contributed by atoms with Crippen LogP contribution in [-0.4, -0.2) is 16.9 Å². The minimum atomic E-state index is -0.351. The SMILES string of the molecule is O=C(Cl)CC1CCC(Cl)O1. The van der Waals surface area contributed by atoms with Gasteiger partial charge >= 0.3 is 0 Å². The van der Waals surface area contributed by atoms with Gasteiger partial charge in [0.2, 0.25) is 5.24 Å². The van der Waals surface area contributed by atoms with Crippen molar-refractivity contribution in [3.05, 3.63) is 0 Å². The fraction of sp³-hybridized carbons (Fsp3) is 0.833. The van der Waals surface area contributed by atoms with E-state index in [2.05, 4.69) is 0 Å². The van der Waals surface area contributed by atoms with Gasteiger partial charge in [0.25, 0.3) is 0 Å². The molecule has 2 nitrogen and oxygen atoms in total. The summed E-state index contributed by atoms with van der Waals surface area (Å²) in [7, 11) is 0. The molecule has 2 atom stereocenters. The summed E-state index contributed by atoms with van der Waals surface area (Å²) in [6, 6.07) is 0. The number of ether oxygens (including phenoxy) is 1. The molecule has 58 valence electrons. The van der Waals surface area contributed by atoms with Gasteiger partial charge in [0.1, 0.15) is 5.56 Å². The van der Waals surface area contributed by atoms with E-state index in [1.165, 1.54) is 0 Å². The van der Waals surface area contributed by atoms with Crippen LogP contribution in [0.4, 0.5) is 0 Å². The molecule has 0 spiro atoms. The first kappa shape index (κ1) is 8.31. The molecule has 0 bridgehead atoms. The number of rotatable bonds is 2. The van der Waals surface area contributed by atoms with E-state index < -0.39 is 0 Å². The Bertz CT molecular complexity index is 138. The Morgan fingerprint density at radius 3 is 2.70 bits per heavy atom. The van der Waals surface area contributed by atoms with Crippen LogP contribution < -0.4 is 0 Å². The van der Waals surface area contributed by atoms with Crippen molar-refractivity contribution in [2.24, 2.45) is 0 Å². The maximum atomic E-state index is 10.3. The summed E-state index contributed by atoms with van der Waals surface area (Å²) < 4.78 is 5.13. The van der Waals surface area contributed by atoms with Gasteiger partial charge in [-0.05, 0) is 24.4 Å². The first-order valence-electron chi connectivity index (χ1n) is 3.16. The third kappa shape index (κ3) is 2.45. The minimum Gasteiger partial charge on any atom is -0.359 e. The van der Waals surface area contributed by atoms with Crippen molar-refractivity contribution >= 4 is 28.4 Å². The number of halogens is 2. The molecule has 0 aromatic carbocycles. The Kier molecular flexibility index (Phi) is 2.96. The van der Waals surface area contributed by atoms with E-state index in [0.29, 0.717) is 0 Å². The van der Waals surface area contributed by atoms with E-state index in [4.69, 9.17) is 27.9 Å². The Morgan fingerprint density at radius 2 is 2.30 bits per heavy atom. The van der Waals surface area contributed by atoms with E-state index in [1.54, 1.807) is 0 Å². The van der Waals surface area contributed by atoms with Crippen molar-refractivity contribution in [2.75, 3.05) is 0 Å². The lowest BCUT2D eigenvalue weighted by Crippen LogP contribution is -2.09. The Hall–Kier alpha value is 0.210. The van der Waals surface area contributed by atoms with Gasteiger partial charge in [-0.3, -0.25) is 4.79 Å². The predicted molar refractivity (Wildman–Crippen MR) is 39.2 cm³/mol. The summed E-state index contributed by atoms with van der Waals surface area (Å²) in [5.74, 6) is 0. The first-order valence-corrected chi connectivity index (χ1v) is 3.98. The molecule has 0 radical (unpaired) electrons.